The monoisotopic (exact) mass is 385 g/mol. The summed E-state index contributed by atoms with van der Waals surface area (Å²) in [6.45, 7) is 3.31. The van der Waals surface area contributed by atoms with Crippen molar-refractivity contribution in [3.63, 3.8) is 0 Å². The van der Waals surface area contributed by atoms with Crippen molar-refractivity contribution in [3.05, 3.63) is 23.5 Å². The predicted octanol–water partition coefficient (Wildman–Crippen LogP) is 3.04. The van der Waals surface area contributed by atoms with Gasteiger partial charge in [0.05, 0.1) is 13.2 Å². The number of likely N-dealkylation sites (tertiary alicyclic amines) is 1. The summed E-state index contributed by atoms with van der Waals surface area (Å²) in [4.78, 5) is 18.1. The zero-order valence-corrected chi connectivity index (χ0v) is 16.8. The summed E-state index contributed by atoms with van der Waals surface area (Å²) in [6.07, 6.45) is 11.2. The van der Waals surface area contributed by atoms with Gasteiger partial charge in [0.15, 0.2) is 0 Å². The Morgan fingerprint density at radius 2 is 2.25 bits per heavy atom. The highest BCUT2D eigenvalue weighted by Crippen LogP contribution is 2.45. The number of nitrogens with zero attached hydrogens (tertiary/aromatic N) is 3. The van der Waals surface area contributed by atoms with E-state index in [0.717, 1.165) is 24.8 Å². The van der Waals surface area contributed by atoms with Gasteiger partial charge < -0.3 is 14.2 Å². The lowest BCUT2D eigenvalue weighted by atomic mass is 9.68. The Morgan fingerprint density at radius 1 is 1.32 bits per heavy atom. The molecule has 0 radical (unpaired) electrons. The predicted molar refractivity (Wildman–Crippen MR) is 105 cm³/mol. The van der Waals surface area contributed by atoms with Crippen LogP contribution in [0.15, 0.2) is 22.2 Å². The second-order valence-corrected chi connectivity index (χ2v) is 8.93. The van der Waals surface area contributed by atoms with Crippen LogP contribution in [0.4, 0.5) is 0 Å². The lowest BCUT2D eigenvalue weighted by molar-refractivity contribution is -0.136. The fraction of sp³-hybridized carbons (Fsp3) is 0.727. The average molecular weight is 386 g/mol. The molecule has 28 heavy (non-hydrogen) atoms. The fourth-order valence-electron chi connectivity index (χ4n) is 6.13. The highest BCUT2D eigenvalue weighted by atomic mass is 16.5. The maximum atomic E-state index is 13.1. The van der Waals surface area contributed by atoms with Gasteiger partial charge in [-0.05, 0) is 55.6 Å². The highest BCUT2D eigenvalue weighted by molar-refractivity contribution is 5.77. The zero-order chi connectivity index (χ0) is 19.1. The van der Waals surface area contributed by atoms with E-state index in [1.807, 2.05) is 0 Å². The lowest BCUT2D eigenvalue weighted by Gasteiger charge is -2.54. The van der Waals surface area contributed by atoms with Crippen LogP contribution in [0.25, 0.3) is 0 Å². The smallest absolute Gasteiger partial charge is 0.254 e. The van der Waals surface area contributed by atoms with Gasteiger partial charge in [0.2, 0.25) is 5.91 Å². The van der Waals surface area contributed by atoms with Crippen molar-refractivity contribution in [1.82, 2.24) is 15.0 Å². The van der Waals surface area contributed by atoms with Crippen molar-refractivity contribution in [1.29, 1.82) is 0 Å². The molecule has 152 valence electrons. The van der Waals surface area contributed by atoms with Gasteiger partial charge in [-0.25, -0.2) is 0 Å². The molecule has 5 rings (SSSR count). The zero-order valence-electron chi connectivity index (χ0n) is 16.8. The summed E-state index contributed by atoms with van der Waals surface area (Å²) in [5.74, 6) is 2.76. The Balaban J connectivity index is 1.30. The molecule has 1 aliphatic carbocycles. The molecule has 4 aliphatic rings. The first kappa shape index (κ1) is 18.2. The van der Waals surface area contributed by atoms with Gasteiger partial charge in [-0.1, -0.05) is 18.1 Å². The van der Waals surface area contributed by atoms with Crippen LogP contribution in [0.2, 0.25) is 0 Å². The molecule has 2 bridgehead atoms. The maximum Gasteiger partial charge on any atom is 0.254 e. The van der Waals surface area contributed by atoms with Crippen LogP contribution in [0, 0.1) is 11.8 Å². The third kappa shape index (κ3) is 3.25. The summed E-state index contributed by atoms with van der Waals surface area (Å²) in [6, 6.07) is 2.85. The third-order valence-electron chi connectivity index (χ3n) is 7.31. The number of rotatable bonds is 4. The minimum absolute atomic E-state index is 0.255. The first-order valence-electron chi connectivity index (χ1n) is 11.0. The summed E-state index contributed by atoms with van der Waals surface area (Å²) in [7, 11) is 1.57. The van der Waals surface area contributed by atoms with E-state index < -0.39 is 0 Å². The van der Waals surface area contributed by atoms with E-state index in [1.165, 1.54) is 45.2 Å². The number of carbonyl (C=O) groups is 1. The van der Waals surface area contributed by atoms with Gasteiger partial charge in [0.1, 0.15) is 5.76 Å². The van der Waals surface area contributed by atoms with E-state index in [-0.39, 0.29) is 5.91 Å². The second-order valence-electron chi connectivity index (χ2n) is 8.93. The number of hydrogen-bond donors (Lipinski definition) is 0. The normalized spacial score (nSPS) is 32.3. The van der Waals surface area contributed by atoms with Gasteiger partial charge in [0.25, 0.3) is 5.88 Å². The van der Waals surface area contributed by atoms with Gasteiger partial charge in [-0.15, -0.1) is 0 Å². The SMILES string of the molecule is COc1cc(CCC(=O)N2CCCC3=C[C@H]4C[C@H](CN5CCCCC45)C32)on1. The number of methoxy groups -OCH3 is 1. The van der Waals surface area contributed by atoms with Crippen molar-refractivity contribution in [2.45, 2.75) is 63.5 Å². The van der Waals surface area contributed by atoms with E-state index in [1.54, 1.807) is 18.7 Å². The second kappa shape index (κ2) is 7.54. The Hall–Kier alpha value is -1.82. The van der Waals surface area contributed by atoms with Crippen LogP contribution < -0.4 is 4.74 Å². The van der Waals surface area contributed by atoms with Crippen LogP contribution in [0.1, 0.15) is 50.7 Å². The van der Waals surface area contributed by atoms with E-state index >= 15 is 0 Å². The van der Waals surface area contributed by atoms with E-state index in [4.69, 9.17) is 9.26 Å². The molecule has 3 fully saturated rings. The van der Waals surface area contributed by atoms with Crippen LogP contribution >= 0.6 is 0 Å². The average Bonchev–Trinajstić information content (AvgIpc) is 3.20. The number of fused-ring (bicyclic) bond motifs is 6. The first-order chi connectivity index (χ1) is 13.7. The molecule has 1 amide bonds. The van der Waals surface area contributed by atoms with Crippen LogP contribution in [0.3, 0.4) is 0 Å². The summed E-state index contributed by atoms with van der Waals surface area (Å²) in [5.41, 5.74) is 1.55. The maximum absolute atomic E-state index is 13.1. The van der Waals surface area contributed by atoms with E-state index in [9.17, 15) is 4.79 Å². The lowest BCUT2D eigenvalue weighted by Crippen LogP contribution is -2.60. The molecule has 4 atom stereocenters. The molecule has 0 N–H and O–H groups in total. The number of piperidine rings is 3. The van der Waals surface area contributed by atoms with Crippen molar-refractivity contribution in [2.75, 3.05) is 26.7 Å². The summed E-state index contributed by atoms with van der Waals surface area (Å²) in [5, 5.41) is 3.83. The Morgan fingerprint density at radius 3 is 3.11 bits per heavy atom. The number of hydrogen-bond acceptors (Lipinski definition) is 5. The molecule has 1 aromatic rings. The quantitative estimate of drug-likeness (QED) is 0.746. The van der Waals surface area contributed by atoms with Crippen LogP contribution in [-0.4, -0.2) is 59.7 Å². The molecule has 1 aromatic heterocycles. The molecule has 0 saturated carbocycles. The number of amides is 1. The number of aromatic nitrogens is 1. The third-order valence-corrected chi connectivity index (χ3v) is 7.31. The Labute approximate surface area is 166 Å². The molecule has 6 nitrogen and oxygen atoms in total. The standard InChI is InChI=1S/C22H31N3O3/c1-27-20-13-18(28-23-20)7-8-21(26)25-10-4-5-15-11-16-12-17(22(15)25)14-24-9-3-2-6-19(16)24/h11,13,16-17,19,22H,2-10,12,14H2,1H3/t16-,17+,19?,22?/m0/s1. The molecule has 3 saturated heterocycles. The Bertz CT molecular complexity index is 758. The molecule has 6 heteroatoms. The molecule has 4 heterocycles. The van der Waals surface area contributed by atoms with Crippen molar-refractivity contribution in [3.8, 4) is 5.88 Å². The Kier molecular flexibility index (Phi) is 4.91. The van der Waals surface area contributed by atoms with Crippen LogP contribution in [-0.2, 0) is 11.2 Å². The van der Waals surface area contributed by atoms with Gasteiger partial charge in [-0.2, -0.15) is 0 Å². The van der Waals surface area contributed by atoms with Crippen molar-refractivity contribution >= 4 is 5.91 Å². The van der Waals surface area contributed by atoms with E-state index in [2.05, 4.69) is 21.0 Å². The molecule has 3 aliphatic heterocycles. The number of aryl methyl sites for hydroxylation is 1. The fourth-order valence-corrected chi connectivity index (χ4v) is 6.13. The minimum atomic E-state index is 0.255. The number of ether oxygens (including phenoxy) is 1. The largest absolute Gasteiger partial charge is 0.479 e. The molecule has 2 unspecified atom stereocenters. The van der Waals surface area contributed by atoms with Crippen molar-refractivity contribution in [2.24, 2.45) is 11.8 Å². The molecular weight excluding hydrogens is 354 g/mol. The highest BCUT2D eigenvalue weighted by Gasteiger charge is 2.46. The summed E-state index contributed by atoms with van der Waals surface area (Å²) < 4.78 is 10.3. The first-order valence-corrected chi connectivity index (χ1v) is 11.0. The number of carbonyl (C=O) groups excluding carboxylic acids is 1. The van der Waals surface area contributed by atoms with E-state index in [0.29, 0.717) is 36.6 Å². The van der Waals surface area contributed by atoms with Gasteiger partial charge in [-0.3, -0.25) is 9.69 Å². The van der Waals surface area contributed by atoms with Crippen LogP contribution in [0.5, 0.6) is 5.88 Å². The van der Waals surface area contributed by atoms with Gasteiger partial charge >= 0.3 is 0 Å². The van der Waals surface area contributed by atoms with Crippen molar-refractivity contribution < 1.29 is 14.1 Å². The summed E-state index contributed by atoms with van der Waals surface area (Å²) >= 11 is 0. The molecule has 0 spiro atoms. The molecule has 0 aromatic carbocycles. The minimum Gasteiger partial charge on any atom is -0.479 e. The van der Waals surface area contributed by atoms with Gasteiger partial charge in [0, 0.05) is 38.0 Å². The topological polar surface area (TPSA) is 58.8 Å². The molecular formula is C22H31N3O3.